The summed E-state index contributed by atoms with van der Waals surface area (Å²) in [4.78, 5) is 2.20. The average molecular weight is 254 g/mol. The summed E-state index contributed by atoms with van der Waals surface area (Å²) in [6, 6.07) is 6.03. The van der Waals surface area contributed by atoms with E-state index in [1.807, 2.05) is 19.2 Å². The Kier molecular flexibility index (Phi) is 3.43. The minimum absolute atomic E-state index is 0.0738. The lowest BCUT2D eigenvalue weighted by Gasteiger charge is -2.36. The lowest BCUT2D eigenvalue weighted by Crippen LogP contribution is -2.37. The number of oxime groups is 1. The Morgan fingerprint density at radius 1 is 1.53 bits per heavy atom. The molecule has 17 heavy (non-hydrogen) atoms. The van der Waals surface area contributed by atoms with Gasteiger partial charge in [0.25, 0.3) is 0 Å². The maximum atomic E-state index is 8.60. The van der Waals surface area contributed by atoms with Gasteiger partial charge in [-0.1, -0.05) is 16.8 Å². The Morgan fingerprint density at radius 2 is 2.24 bits per heavy atom. The first kappa shape index (κ1) is 12.0. The van der Waals surface area contributed by atoms with Gasteiger partial charge in [0.15, 0.2) is 5.84 Å². The molecule has 0 atom stereocenters. The first-order valence-corrected chi connectivity index (χ1v) is 6.01. The summed E-state index contributed by atoms with van der Waals surface area (Å²) >= 11 is 6.22. The summed E-state index contributed by atoms with van der Waals surface area (Å²) in [5, 5.41) is 12.2. The molecule has 2 rings (SSSR count). The number of hydrogen-bond acceptors (Lipinski definition) is 3. The van der Waals surface area contributed by atoms with Gasteiger partial charge in [-0.15, -0.1) is 0 Å². The summed E-state index contributed by atoms with van der Waals surface area (Å²) in [5.41, 5.74) is 7.13. The molecule has 3 N–H and O–H groups in total. The zero-order valence-corrected chi connectivity index (χ0v) is 10.5. The molecule has 0 bridgehead atoms. The Morgan fingerprint density at radius 3 is 2.71 bits per heavy atom. The third-order valence-corrected chi connectivity index (χ3v) is 3.66. The van der Waals surface area contributed by atoms with Crippen molar-refractivity contribution in [3.63, 3.8) is 0 Å². The molecule has 1 fully saturated rings. The Bertz CT molecular complexity index is 443. The van der Waals surface area contributed by atoms with Crippen molar-refractivity contribution in [2.75, 3.05) is 11.9 Å². The Labute approximate surface area is 106 Å². The van der Waals surface area contributed by atoms with Crippen molar-refractivity contribution in [3.05, 3.63) is 28.8 Å². The van der Waals surface area contributed by atoms with Crippen molar-refractivity contribution in [1.29, 1.82) is 0 Å². The van der Waals surface area contributed by atoms with E-state index in [1.54, 1.807) is 6.07 Å². The molecular formula is C12H16ClN3O. The van der Waals surface area contributed by atoms with Crippen LogP contribution in [0.2, 0.25) is 5.02 Å². The first-order chi connectivity index (χ1) is 8.13. The molecule has 5 heteroatoms. The van der Waals surface area contributed by atoms with E-state index >= 15 is 0 Å². The molecule has 1 aliphatic carbocycles. The van der Waals surface area contributed by atoms with Gasteiger partial charge in [0.1, 0.15) is 0 Å². The molecule has 0 saturated heterocycles. The van der Waals surface area contributed by atoms with E-state index in [2.05, 4.69) is 10.1 Å². The number of hydrogen-bond donors (Lipinski definition) is 2. The first-order valence-electron chi connectivity index (χ1n) is 5.63. The lowest BCUT2D eigenvalue weighted by molar-refractivity contribution is 0.318. The van der Waals surface area contributed by atoms with Crippen molar-refractivity contribution in [2.24, 2.45) is 10.9 Å². The van der Waals surface area contributed by atoms with Gasteiger partial charge in [-0.25, -0.2) is 0 Å². The third kappa shape index (κ3) is 2.31. The van der Waals surface area contributed by atoms with Crippen LogP contribution >= 0.6 is 11.6 Å². The molecule has 1 aromatic carbocycles. The molecule has 0 radical (unpaired) electrons. The van der Waals surface area contributed by atoms with Crippen LogP contribution in [0.1, 0.15) is 24.8 Å². The highest BCUT2D eigenvalue weighted by atomic mass is 35.5. The Hall–Kier alpha value is -1.42. The fourth-order valence-electron chi connectivity index (χ4n) is 1.98. The molecule has 0 spiro atoms. The van der Waals surface area contributed by atoms with Gasteiger partial charge in [-0.2, -0.15) is 0 Å². The minimum Gasteiger partial charge on any atom is -0.409 e. The number of halogens is 1. The van der Waals surface area contributed by atoms with Crippen LogP contribution in [0.4, 0.5) is 5.69 Å². The van der Waals surface area contributed by atoms with Crippen LogP contribution in [0.25, 0.3) is 0 Å². The summed E-state index contributed by atoms with van der Waals surface area (Å²) in [7, 11) is 2.05. The van der Waals surface area contributed by atoms with Crippen molar-refractivity contribution in [1.82, 2.24) is 0 Å². The molecule has 0 heterocycles. The maximum absolute atomic E-state index is 8.60. The molecular weight excluding hydrogens is 238 g/mol. The second kappa shape index (κ2) is 4.84. The molecule has 0 aromatic heterocycles. The predicted octanol–water partition coefficient (Wildman–Crippen LogP) is 2.42. The van der Waals surface area contributed by atoms with Gasteiger partial charge in [-0.05, 0) is 37.5 Å². The van der Waals surface area contributed by atoms with E-state index in [0.29, 0.717) is 16.6 Å². The van der Waals surface area contributed by atoms with E-state index in [4.69, 9.17) is 22.5 Å². The molecule has 1 saturated carbocycles. The highest BCUT2D eigenvalue weighted by molar-refractivity contribution is 6.33. The summed E-state index contributed by atoms with van der Waals surface area (Å²) < 4.78 is 0. The van der Waals surface area contributed by atoms with Crippen LogP contribution in [-0.2, 0) is 0 Å². The third-order valence-electron chi connectivity index (χ3n) is 3.35. The summed E-state index contributed by atoms with van der Waals surface area (Å²) in [6.45, 7) is 0. The molecule has 0 unspecified atom stereocenters. The zero-order valence-electron chi connectivity index (χ0n) is 9.73. The van der Waals surface area contributed by atoms with Crippen LogP contribution in [0.15, 0.2) is 23.4 Å². The van der Waals surface area contributed by atoms with E-state index < -0.39 is 0 Å². The number of nitrogens with two attached hydrogens (primary N) is 1. The quantitative estimate of drug-likeness (QED) is 0.376. The number of benzene rings is 1. The number of nitrogens with zero attached hydrogens (tertiary/aromatic N) is 2. The molecule has 0 aliphatic heterocycles. The van der Waals surface area contributed by atoms with Gasteiger partial charge in [-0.3, -0.25) is 0 Å². The summed E-state index contributed by atoms with van der Waals surface area (Å²) in [5.74, 6) is 0.0738. The van der Waals surface area contributed by atoms with Crippen molar-refractivity contribution in [2.45, 2.75) is 25.3 Å². The van der Waals surface area contributed by atoms with E-state index in [0.717, 1.165) is 5.69 Å². The van der Waals surface area contributed by atoms with E-state index in [9.17, 15) is 0 Å². The molecule has 1 aliphatic rings. The zero-order chi connectivity index (χ0) is 12.4. The second-order valence-corrected chi connectivity index (χ2v) is 4.75. The number of amidine groups is 1. The van der Waals surface area contributed by atoms with Gasteiger partial charge in [0.2, 0.25) is 0 Å². The smallest absolute Gasteiger partial charge is 0.170 e. The molecule has 92 valence electrons. The van der Waals surface area contributed by atoms with Gasteiger partial charge >= 0.3 is 0 Å². The fourth-order valence-corrected chi connectivity index (χ4v) is 2.29. The largest absolute Gasteiger partial charge is 0.409 e. The molecule has 4 nitrogen and oxygen atoms in total. The standard InChI is InChI=1S/C12H16ClN3O/c1-16(9-3-2-4-9)11-6-5-8(7-10(11)13)12(14)15-17/h5-7,9,17H,2-4H2,1H3,(H2,14,15). The number of anilines is 1. The summed E-state index contributed by atoms with van der Waals surface area (Å²) in [6.07, 6.45) is 3.72. The van der Waals surface area contributed by atoms with Crippen molar-refractivity contribution in [3.8, 4) is 0 Å². The van der Waals surface area contributed by atoms with Crippen LogP contribution < -0.4 is 10.6 Å². The Balaban J connectivity index is 2.24. The second-order valence-electron chi connectivity index (χ2n) is 4.35. The predicted molar refractivity (Wildman–Crippen MR) is 70.0 cm³/mol. The maximum Gasteiger partial charge on any atom is 0.170 e. The molecule has 0 amide bonds. The van der Waals surface area contributed by atoms with E-state index in [1.165, 1.54) is 19.3 Å². The minimum atomic E-state index is 0.0738. The van der Waals surface area contributed by atoms with Crippen LogP contribution in [0.3, 0.4) is 0 Å². The van der Waals surface area contributed by atoms with Gasteiger partial charge in [0, 0.05) is 18.7 Å². The van der Waals surface area contributed by atoms with Crippen molar-refractivity contribution < 1.29 is 5.21 Å². The SMILES string of the molecule is CN(c1ccc(/C(N)=N/O)cc1Cl)C1CCC1. The highest BCUT2D eigenvalue weighted by Crippen LogP contribution is 2.33. The van der Waals surface area contributed by atoms with Gasteiger partial charge in [0.05, 0.1) is 10.7 Å². The average Bonchev–Trinajstić information content (AvgIpc) is 2.25. The van der Waals surface area contributed by atoms with Crippen LogP contribution in [-0.4, -0.2) is 24.1 Å². The number of rotatable bonds is 3. The van der Waals surface area contributed by atoms with Gasteiger partial charge < -0.3 is 15.8 Å². The monoisotopic (exact) mass is 253 g/mol. The van der Waals surface area contributed by atoms with Crippen LogP contribution in [0, 0.1) is 0 Å². The highest BCUT2D eigenvalue weighted by Gasteiger charge is 2.23. The fraction of sp³-hybridized carbons (Fsp3) is 0.417. The van der Waals surface area contributed by atoms with Crippen molar-refractivity contribution >= 4 is 23.1 Å². The normalized spacial score (nSPS) is 16.7. The molecule has 1 aromatic rings. The topological polar surface area (TPSA) is 61.8 Å². The van der Waals surface area contributed by atoms with Crippen LogP contribution in [0.5, 0.6) is 0 Å². The lowest BCUT2D eigenvalue weighted by atomic mass is 9.91. The van der Waals surface area contributed by atoms with E-state index in [-0.39, 0.29) is 5.84 Å².